The van der Waals surface area contributed by atoms with Gasteiger partial charge in [-0.25, -0.2) is 4.98 Å². The molecule has 1 unspecified atom stereocenters. The van der Waals surface area contributed by atoms with E-state index in [1.807, 2.05) is 10.8 Å². The zero-order valence-corrected chi connectivity index (χ0v) is 15.3. The lowest BCUT2D eigenvalue weighted by molar-refractivity contribution is -0.119. The van der Waals surface area contributed by atoms with E-state index in [1.54, 1.807) is 6.20 Å². The van der Waals surface area contributed by atoms with E-state index >= 15 is 0 Å². The van der Waals surface area contributed by atoms with Gasteiger partial charge in [-0.1, -0.05) is 37.7 Å². The summed E-state index contributed by atoms with van der Waals surface area (Å²) < 4.78 is 2.03. The lowest BCUT2D eigenvalue weighted by atomic mass is 10.0. The summed E-state index contributed by atoms with van der Waals surface area (Å²) >= 11 is 1.48. The average molecular weight is 343 g/mol. The van der Waals surface area contributed by atoms with Crippen LogP contribution >= 0.6 is 11.8 Å². The molecular weight excluding hydrogens is 318 g/mol. The molecule has 2 aromatic rings. The highest BCUT2D eigenvalue weighted by Gasteiger charge is 2.28. The molecule has 1 amide bonds. The van der Waals surface area contributed by atoms with Crippen LogP contribution in [0.25, 0.3) is 5.69 Å². The van der Waals surface area contributed by atoms with E-state index in [0.717, 1.165) is 10.8 Å². The number of amides is 1. The molecule has 0 aliphatic heterocycles. The van der Waals surface area contributed by atoms with Crippen LogP contribution in [0.15, 0.2) is 41.8 Å². The van der Waals surface area contributed by atoms with Gasteiger partial charge in [0.05, 0.1) is 5.75 Å². The van der Waals surface area contributed by atoms with Crippen molar-refractivity contribution in [2.75, 3.05) is 5.75 Å². The van der Waals surface area contributed by atoms with Gasteiger partial charge in [0.2, 0.25) is 5.91 Å². The van der Waals surface area contributed by atoms with Crippen LogP contribution < -0.4 is 5.32 Å². The Morgan fingerprint density at radius 1 is 1.29 bits per heavy atom. The molecule has 4 nitrogen and oxygen atoms in total. The van der Waals surface area contributed by atoms with Gasteiger partial charge in [0, 0.05) is 24.1 Å². The number of aromatic nitrogens is 2. The molecule has 128 valence electrons. The maximum absolute atomic E-state index is 12.1. The Balaban J connectivity index is 1.61. The first-order valence-corrected chi connectivity index (χ1v) is 9.59. The summed E-state index contributed by atoms with van der Waals surface area (Å²) in [6, 6.07) is 8.81. The van der Waals surface area contributed by atoms with Gasteiger partial charge < -0.3 is 5.32 Å². The highest BCUT2D eigenvalue weighted by atomic mass is 32.2. The Bertz CT molecular complexity index is 689. The van der Waals surface area contributed by atoms with Crippen molar-refractivity contribution in [3.8, 4) is 5.69 Å². The minimum absolute atomic E-state index is 0.0871. The van der Waals surface area contributed by atoms with Gasteiger partial charge in [0.15, 0.2) is 5.16 Å². The fourth-order valence-electron chi connectivity index (χ4n) is 2.75. The minimum Gasteiger partial charge on any atom is -0.353 e. The van der Waals surface area contributed by atoms with Crippen LogP contribution in [-0.4, -0.2) is 27.3 Å². The third kappa shape index (κ3) is 4.20. The fraction of sp³-hybridized carbons (Fsp3) is 0.474. The fourth-order valence-corrected chi connectivity index (χ4v) is 3.54. The first-order valence-electron chi connectivity index (χ1n) is 8.60. The number of rotatable bonds is 7. The van der Waals surface area contributed by atoms with Crippen LogP contribution in [0.5, 0.6) is 0 Å². The Morgan fingerprint density at radius 3 is 2.62 bits per heavy atom. The second-order valence-corrected chi connectivity index (χ2v) is 7.75. The maximum atomic E-state index is 12.1. The molecule has 24 heavy (non-hydrogen) atoms. The summed E-state index contributed by atoms with van der Waals surface area (Å²) in [5.41, 5.74) is 2.40. The zero-order valence-electron chi connectivity index (χ0n) is 14.5. The molecular formula is C19H25N3OS. The number of carbonyl (C=O) groups excluding carboxylic acids is 1. The third-order valence-electron chi connectivity index (χ3n) is 4.49. The van der Waals surface area contributed by atoms with Crippen molar-refractivity contribution in [1.29, 1.82) is 0 Å². The number of benzene rings is 1. The number of carbonyl (C=O) groups is 1. The van der Waals surface area contributed by atoms with Gasteiger partial charge in [-0.2, -0.15) is 0 Å². The number of imidazole rings is 1. The van der Waals surface area contributed by atoms with E-state index in [9.17, 15) is 4.79 Å². The van der Waals surface area contributed by atoms with E-state index < -0.39 is 0 Å². The molecule has 0 bridgehead atoms. The van der Waals surface area contributed by atoms with Gasteiger partial charge in [-0.3, -0.25) is 9.36 Å². The Morgan fingerprint density at radius 2 is 2.00 bits per heavy atom. The van der Waals surface area contributed by atoms with Gasteiger partial charge in [0.25, 0.3) is 0 Å². The van der Waals surface area contributed by atoms with Crippen molar-refractivity contribution in [2.24, 2.45) is 5.92 Å². The first kappa shape index (κ1) is 17.1. The van der Waals surface area contributed by atoms with Crippen LogP contribution in [0.4, 0.5) is 0 Å². The van der Waals surface area contributed by atoms with E-state index in [-0.39, 0.29) is 5.91 Å². The van der Waals surface area contributed by atoms with Crippen molar-refractivity contribution in [1.82, 2.24) is 14.9 Å². The molecule has 1 aromatic carbocycles. The van der Waals surface area contributed by atoms with Crippen molar-refractivity contribution in [3.63, 3.8) is 0 Å². The summed E-state index contributed by atoms with van der Waals surface area (Å²) in [5, 5.41) is 3.94. The molecule has 0 radical (unpaired) electrons. The molecule has 1 aliphatic carbocycles. The van der Waals surface area contributed by atoms with Gasteiger partial charge in [-0.05, 0) is 49.3 Å². The van der Waals surface area contributed by atoms with Gasteiger partial charge in [-0.15, -0.1) is 0 Å². The minimum atomic E-state index is 0.0871. The van der Waals surface area contributed by atoms with E-state index in [4.69, 9.17) is 0 Å². The highest BCUT2D eigenvalue weighted by molar-refractivity contribution is 7.99. The second-order valence-electron chi connectivity index (χ2n) is 6.81. The first-order chi connectivity index (χ1) is 11.5. The summed E-state index contributed by atoms with van der Waals surface area (Å²) in [7, 11) is 0. The molecule has 1 atom stereocenters. The SMILES string of the molecule is CC(C)c1ccc(-n2ccnc2SCC(=O)NC(C)C2CC2)cc1. The van der Waals surface area contributed by atoms with Crippen molar-refractivity contribution < 1.29 is 4.79 Å². The van der Waals surface area contributed by atoms with E-state index in [1.165, 1.54) is 30.2 Å². The number of thioether (sulfide) groups is 1. The summed E-state index contributed by atoms with van der Waals surface area (Å²) in [4.78, 5) is 16.5. The summed E-state index contributed by atoms with van der Waals surface area (Å²) in [6.45, 7) is 6.47. The van der Waals surface area contributed by atoms with Crippen LogP contribution in [0.3, 0.4) is 0 Å². The van der Waals surface area contributed by atoms with Crippen LogP contribution in [0, 0.1) is 5.92 Å². The van der Waals surface area contributed by atoms with E-state index in [2.05, 4.69) is 55.3 Å². The lowest BCUT2D eigenvalue weighted by Crippen LogP contribution is -2.35. The van der Waals surface area contributed by atoms with Crippen LogP contribution in [0.2, 0.25) is 0 Å². The van der Waals surface area contributed by atoms with E-state index in [0.29, 0.717) is 23.6 Å². The normalized spacial score (nSPS) is 15.5. The Kier molecular flexibility index (Phi) is 5.29. The van der Waals surface area contributed by atoms with Crippen LogP contribution in [-0.2, 0) is 4.79 Å². The number of nitrogens with one attached hydrogen (secondary N) is 1. The summed E-state index contributed by atoms with van der Waals surface area (Å²) in [5.74, 6) is 1.69. The predicted molar refractivity (Wildman–Crippen MR) is 98.7 cm³/mol. The number of hydrogen-bond acceptors (Lipinski definition) is 3. The second kappa shape index (κ2) is 7.43. The quantitative estimate of drug-likeness (QED) is 0.773. The largest absolute Gasteiger partial charge is 0.353 e. The standard InChI is InChI=1S/C19H25N3OS/c1-13(2)15-6-8-17(9-7-15)22-11-10-20-19(22)24-12-18(23)21-14(3)16-4-5-16/h6-11,13-14,16H,4-5,12H2,1-3H3,(H,21,23). The molecule has 1 saturated carbocycles. The Hall–Kier alpha value is -1.75. The molecule has 0 spiro atoms. The smallest absolute Gasteiger partial charge is 0.230 e. The molecule has 3 rings (SSSR count). The molecule has 1 aromatic heterocycles. The van der Waals surface area contributed by atoms with Gasteiger partial charge >= 0.3 is 0 Å². The molecule has 5 heteroatoms. The lowest BCUT2D eigenvalue weighted by Gasteiger charge is -2.13. The average Bonchev–Trinajstić information content (AvgIpc) is 3.32. The van der Waals surface area contributed by atoms with Crippen molar-refractivity contribution in [3.05, 3.63) is 42.2 Å². The molecule has 1 heterocycles. The van der Waals surface area contributed by atoms with Crippen molar-refractivity contribution in [2.45, 2.75) is 50.7 Å². The van der Waals surface area contributed by atoms with Crippen molar-refractivity contribution >= 4 is 17.7 Å². The maximum Gasteiger partial charge on any atom is 0.230 e. The molecule has 0 saturated heterocycles. The van der Waals surface area contributed by atoms with Crippen LogP contribution in [0.1, 0.15) is 45.1 Å². The summed E-state index contributed by atoms with van der Waals surface area (Å²) in [6.07, 6.45) is 6.21. The monoisotopic (exact) mass is 343 g/mol. The number of hydrogen-bond donors (Lipinski definition) is 1. The molecule has 1 fully saturated rings. The van der Waals surface area contributed by atoms with Gasteiger partial charge in [0.1, 0.15) is 0 Å². The highest BCUT2D eigenvalue weighted by Crippen LogP contribution is 2.32. The molecule has 1 aliphatic rings. The molecule has 1 N–H and O–H groups in total. The number of nitrogens with zero attached hydrogens (tertiary/aromatic N) is 2. The third-order valence-corrected chi connectivity index (χ3v) is 5.46. The predicted octanol–water partition coefficient (Wildman–Crippen LogP) is 4.00. The zero-order chi connectivity index (χ0) is 17.1. The topological polar surface area (TPSA) is 46.9 Å². The Labute approximate surface area is 148 Å².